The van der Waals surface area contributed by atoms with Crippen molar-refractivity contribution in [3.05, 3.63) is 23.4 Å². The van der Waals surface area contributed by atoms with Crippen LogP contribution in [-0.2, 0) is 11.3 Å². The van der Waals surface area contributed by atoms with Gasteiger partial charge in [0.2, 0.25) is 5.88 Å². The topological polar surface area (TPSA) is 43.4 Å². The Balaban J connectivity index is 1.90. The third kappa shape index (κ3) is 3.41. The van der Waals surface area contributed by atoms with Gasteiger partial charge in [0, 0.05) is 30.8 Å². The number of rotatable bonds is 5. The van der Waals surface area contributed by atoms with Gasteiger partial charge in [-0.15, -0.1) is 0 Å². The summed E-state index contributed by atoms with van der Waals surface area (Å²) in [5.74, 6) is 1.24. The second-order valence-corrected chi connectivity index (χ2v) is 4.46. The van der Waals surface area contributed by atoms with Crippen LogP contribution in [0.25, 0.3) is 0 Å². The van der Waals surface area contributed by atoms with Gasteiger partial charge in [-0.3, -0.25) is 0 Å². The van der Waals surface area contributed by atoms with E-state index in [1.54, 1.807) is 0 Å². The van der Waals surface area contributed by atoms with Gasteiger partial charge in [-0.25, -0.2) is 4.98 Å². The summed E-state index contributed by atoms with van der Waals surface area (Å²) < 4.78 is 11.0. The maximum atomic E-state index is 5.69. The first kappa shape index (κ1) is 12.3. The normalized spacial score (nSPS) is 19.5. The minimum Gasteiger partial charge on any atom is -0.477 e. The molecule has 94 valence electrons. The number of nitrogens with one attached hydrogen (secondary N) is 1. The Morgan fingerprint density at radius 1 is 1.53 bits per heavy atom. The molecule has 1 fully saturated rings. The number of ether oxygens (including phenoxy) is 2. The second-order valence-electron chi connectivity index (χ2n) is 4.46. The zero-order valence-corrected chi connectivity index (χ0v) is 10.5. The summed E-state index contributed by atoms with van der Waals surface area (Å²) in [5, 5.41) is 3.12. The molecule has 0 aliphatic carbocycles. The predicted molar refractivity (Wildman–Crippen MR) is 66.2 cm³/mol. The first-order valence-corrected chi connectivity index (χ1v) is 6.11. The van der Waals surface area contributed by atoms with Crippen molar-refractivity contribution >= 4 is 0 Å². The molecule has 0 aromatic carbocycles. The van der Waals surface area contributed by atoms with E-state index in [2.05, 4.69) is 16.4 Å². The Bertz CT molecular complexity index is 362. The molecule has 0 bridgehead atoms. The molecule has 4 heteroatoms. The Kier molecular flexibility index (Phi) is 4.34. The highest BCUT2D eigenvalue weighted by Gasteiger charge is 2.16. The lowest BCUT2D eigenvalue weighted by Crippen LogP contribution is -2.13. The van der Waals surface area contributed by atoms with E-state index >= 15 is 0 Å². The average Bonchev–Trinajstić information content (AvgIpc) is 2.83. The minimum atomic E-state index is 0.522. The Labute approximate surface area is 102 Å². The second kappa shape index (κ2) is 5.98. The van der Waals surface area contributed by atoms with Crippen molar-refractivity contribution in [3.8, 4) is 5.88 Å². The summed E-state index contributed by atoms with van der Waals surface area (Å²) in [5.41, 5.74) is 2.24. The van der Waals surface area contributed by atoms with E-state index in [0.717, 1.165) is 31.9 Å². The molecule has 0 radical (unpaired) electrons. The fraction of sp³-hybridized carbons (Fsp3) is 0.615. The smallest absolute Gasteiger partial charge is 0.213 e. The predicted octanol–water partition coefficient (Wildman–Crippen LogP) is 1.52. The summed E-state index contributed by atoms with van der Waals surface area (Å²) in [6.45, 7) is 5.24. The van der Waals surface area contributed by atoms with E-state index in [1.165, 1.54) is 5.56 Å². The first-order chi connectivity index (χ1) is 8.29. The van der Waals surface area contributed by atoms with Crippen LogP contribution in [0.5, 0.6) is 5.88 Å². The highest BCUT2D eigenvalue weighted by atomic mass is 16.5. The van der Waals surface area contributed by atoms with Crippen molar-refractivity contribution < 1.29 is 9.47 Å². The lowest BCUT2D eigenvalue weighted by molar-refractivity contribution is 0.165. The first-order valence-electron chi connectivity index (χ1n) is 6.11. The van der Waals surface area contributed by atoms with Crippen molar-refractivity contribution in [3.63, 3.8) is 0 Å². The van der Waals surface area contributed by atoms with E-state index in [4.69, 9.17) is 9.47 Å². The Morgan fingerprint density at radius 2 is 2.41 bits per heavy atom. The molecule has 0 spiro atoms. The largest absolute Gasteiger partial charge is 0.477 e. The average molecular weight is 236 g/mol. The van der Waals surface area contributed by atoms with Crippen LogP contribution in [0.15, 0.2) is 12.1 Å². The molecular formula is C13H20N2O2. The summed E-state index contributed by atoms with van der Waals surface area (Å²) >= 11 is 0. The summed E-state index contributed by atoms with van der Waals surface area (Å²) in [7, 11) is 1.93. The number of aryl methyl sites for hydroxylation is 1. The zero-order valence-electron chi connectivity index (χ0n) is 10.5. The third-order valence-electron chi connectivity index (χ3n) is 3.03. The van der Waals surface area contributed by atoms with Crippen LogP contribution in [0.3, 0.4) is 0 Å². The van der Waals surface area contributed by atoms with E-state index in [0.29, 0.717) is 18.4 Å². The van der Waals surface area contributed by atoms with Crippen molar-refractivity contribution in [1.82, 2.24) is 10.3 Å². The monoisotopic (exact) mass is 236 g/mol. The quantitative estimate of drug-likeness (QED) is 0.842. The van der Waals surface area contributed by atoms with Crippen molar-refractivity contribution in [1.29, 1.82) is 0 Å². The molecule has 0 saturated carbocycles. The highest BCUT2D eigenvalue weighted by molar-refractivity contribution is 5.24. The molecule has 4 nitrogen and oxygen atoms in total. The molecule has 1 aromatic heterocycles. The van der Waals surface area contributed by atoms with E-state index in [1.807, 2.05) is 20.0 Å². The Hall–Kier alpha value is -1.13. The molecule has 1 aliphatic rings. The molecule has 2 rings (SSSR count). The summed E-state index contributed by atoms with van der Waals surface area (Å²) in [4.78, 5) is 4.45. The van der Waals surface area contributed by atoms with Crippen LogP contribution in [0.2, 0.25) is 0 Å². The van der Waals surface area contributed by atoms with Crippen LogP contribution in [0.1, 0.15) is 17.7 Å². The van der Waals surface area contributed by atoms with Gasteiger partial charge in [0.15, 0.2) is 0 Å². The molecule has 1 unspecified atom stereocenters. The summed E-state index contributed by atoms with van der Waals surface area (Å²) in [6.07, 6.45) is 1.09. The van der Waals surface area contributed by atoms with E-state index in [-0.39, 0.29) is 0 Å². The van der Waals surface area contributed by atoms with Gasteiger partial charge in [-0.05, 0) is 26.0 Å². The highest BCUT2D eigenvalue weighted by Crippen LogP contribution is 2.16. The lowest BCUT2D eigenvalue weighted by atomic mass is 10.1. The molecule has 1 aliphatic heterocycles. The number of aromatic nitrogens is 1. The standard InChI is InChI=1S/C13H20N2O2/c1-10-12(7-14-2)3-4-13(15-10)17-9-11-5-6-16-8-11/h3-4,11,14H,5-9H2,1-2H3. The van der Waals surface area contributed by atoms with E-state index < -0.39 is 0 Å². The van der Waals surface area contributed by atoms with Gasteiger partial charge >= 0.3 is 0 Å². The third-order valence-corrected chi connectivity index (χ3v) is 3.03. The lowest BCUT2D eigenvalue weighted by Gasteiger charge is -2.11. The molecule has 1 N–H and O–H groups in total. The SMILES string of the molecule is CNCc1ccc(OCC2CCOC2)nc1C. The fourth-order valence-corrected chi connectivity index (χ4v) is 1.94. The van der Waals surface area contributed by atoms with Crippen LogP contribution >= 0.6 is 0 Å². The molecule has 1 atom stereocenters. The molecule has 0 amide bonds. The van der Waals surface area contributed by atoms with E-state index in [9.17, 15) is 0 Å². The molecule has 1 aromatic rings. The van der Waals surface area contributed by atoms with Crippen LogP contribution < -0.4 is 10.1 Å². The van der Waals surface area contributed by atoms with Gasteiger partial charge in [0.05, 0.1) is 13.2 Å². The van der Waals surface area contributed by atoms with Crippen molar-refractivity contribution in [2.45, 2.75) is 19.9 Å². The van der Waals surface area contributed by atoms with Gasteiger partial charge in [-0.1, -0.05) is 6.07 Å². The minimum absolute atomic E-state index is 0.522. The van der Waals surface area contributed by atoms with Gasteiger partial charge < -0.3 is 14.8 Å². The van der Waals surface area contributed by atoms with Crippen molar-refractivity contribution in [2.24, 2.45) is 5.92 Å². The van der Waals surface area contributed by atoms with Gasteiger partial charge in [-0.2, -0.15) is 0 Å². The molecule has 2 heterocycles. The number of nitrogens with zero attached hydrogens (tertiary/aromatic N) is 1. The molecule has 1 saturated heterocycles. The Morgan fingerprint density at radius 3 is 3.06 bits per heavy atom. The van der Waals surface area contributed by atoms with Crippen LogP contribution in [0.4, 0.5) is 0 Å². The van der Waals surface area contributed by atoms with Crippen LogP contribution in [-0.4, -0.2) is 31.9 Å². The molecular weight excluding hydrogens is 216 g/mol. The maximum Gasteiger partial charge on any atom is 0.213 e. The maximum absolute atomic E-state index is 5.69. The number of pyridine rings is 1. The fourth-order valence-electron chi connectivity index (χ4n) is 1.94. The van der Waals surface area contributed by atoms with Crippen molar-refractivity contribution in [2.75, 3.05) is 26.9 Å². The molecule has 17 heavy (non-hydrogen) atoms. The van der Waals surface area contributed by atoms with Gasteiger partial charge in [0.25, 0.3) is 0 Å². The van der Waals surface area contributed by atoms with Crippen LogP contribution in [0, 0.1) is 12.8 Å². The summed E-state index contributed by atoms with van der Waals surface area (Å²) in [6, 6.07) is 4.01. The zero-order chi connectivity index (χ0) is 12.1. The van der Waals surface area contributed by atoms with Gasteiger partial charge in [0.1, 0.15) is 0 Å². The number of hydrogen-bond acceptors (Lipinski definition) is 4. The number of hydrogen-bond donors (Lipinski definition) is 1.